The van der Waals surface area contributed by atoms with Gasteiger partial charge >= 0.3 is 0 Å². The first-order chi connectivity index (χ1) is 6.73. The van der Waals surface area contributed by atoms with Gasteiger partial charge in [0.05, 0.1) is 30.6 Å². The lowest BCUT2D eigenvalue weighted by Gasteiger charge is -2.18. The fourth-order valence-corrected chi connectivity index (χ4v) is 4.00. The Bertz CT molecular complexity index is 504. The molecule has 0 aromatic carbocycles. The van der Waals surface area contributed by atoms with Gasteiger partial charge in [-0.05, 0) is 12.1 Å². The molecule has 0 N–H and O–H groups in total. The minimum absolute atomic E-state index is 0.0289. The molecule has 1 heterocycles. The van der Waals surface area contributed by atoms with Gasteiger partial charge in [0, 0.05) is 0 Å². The molecule has 0 atom stereocenters. The first-order valence-electron chi connectivity index (χ1n) is 3.75. The van der Waals surface area contributed by atoms with Crippen molar-refractivity contribution in [2.45, 2.75) is 0 Å². The van der Waals surface area contributed by atoms with Crippen LogP contribution in [0, 0.1) is 6.20 Å². The summed E-state index contributed by atoms with van der Waals surface area (Å²) in [5, 5.41) is 0. The van der Waals surface area contributed by atoms with Crippen molar-refractivity contribution in [2.75, 3.05) is 16.2 Å². The monoisotopic (exact) mass is 249 g/mol. The van der Waals surface area contributed by atoms with E-state index in [4.69, 9.17) is 0 Å². The summed E-state index contributed by atoms with van der Waals surface area (Å²) in [6, 6.07) is 2.63. The predicted octanol–water partition coefficient (Wildman–Crippen LogP) is -0.393. The lowest BCUT2D eigenvalue weighted by atomic mass is 10.4. The molecule has 0 aliphatic heterocycles. The molecular formula is C7H9N2O4S2. The van der Waals surface area contributed by atoms with Crippen molar-refractivity contribution < 1.29 is 16.8 Å². The molecule has 0 fully saturated rings. The smallest absolute Gasteiger partial charge is 0.245 e. The number of pyridine rings is 1. The van der Waals surface area contributed by atoms with Gasteiger partial charge in [0.25, 0.3) is 0 Å². The van der Waals surface area contributed by atoms with E-state index < -0.39 is 20.0 Å². The molecule has 0 aliphatic carbocycles. The highest BCUT2D eigenvalue weighted by molar-refractivity contribution is 8.09. The zero-order valence-electron chi connectivity index (χ0n) is 8.08. The van der Waals surface area contributed by atoms with Crippen LogP contribution in [0.15, 0.2) is 18.3 Å². The maximum absolute atomic E-state index is 11.3. The molecule has 1 aromatic heterocycles. The van der Waals surface area contributed by atoms with E-state index in [1.807, 2.05) is 0 Å². The minimum atomic E-state index is -3.88. The molecule has 1 aromatic rings. The third-order valence-electron chi connectivity index (χ3n) is 1.41. The van der Waals surface area contributed by atoms with Gasteiger partial charge in [-0.15, -0.1) is 0 Å². The molecular weight excluding hydrogens is 240 g/mol. The normalized spacial score (nSPS) is 12.4. The van der Waals surface area contributed by atoms with Gasteiger partial charge in [-0.1, -0.05) is 0 Å². The van der Waals surface area contributed by atoms with Crippen LogP contribution < -0.4 is 3.71 Å². The largest absolute Gasteiger partial charge is 0.252 e. The van der Waals surface area contributed by atoms with Crippen LogP contribution in [-0.4, -0.2) is 34.3 Å². The molecule has 1 radical (unpaired) electrons. The Morgan fingerprint density at radius 3 is 2.07 bits per heavy atom. The Morgan fingerprint density at radius 2 is 1.73 bits per heavy atom. The second-order valence-corrected chi connectivity index (χ2v) is 6.76. The molecule has 0 saturated carbocycles. The molecule has 0 aliphatic rings. The fourth-order valence-electron chi connectivity index (χ4n) is 1.05. The Kier molecular flexibility index (Phi) is 3.00. The number of aromatic nitrogens is 1. The summed E-state index contributed by atoms with van der Waals surface area (Å²) in [5.74, 6) is 0. The quantitative estimate of drug-likeness (QED) is 0.728. The zero-order chi connectivity index (χ0) is 11.7. The van der Waals surface area contributed by atoms with Crippen molar-refractivity contribution in [3.63, 3.8) is 0 Å². The van der Waals surface area contributed by atoms with Gasteiger partial charge in [-0.2, -0.15) is 3.71 Å². The fraction of sp³-hybridized carbons (Fsp3) is 0.286. The second-order valence-electron chi connectivity index (χ2n) is 2.87. The number of anilines is 1. The topological polar surface area (TPSA) is 84.4 Å². The zero-order valence-corrected chi connectivity index (χ0v) is 9.71. The highest BCUT2D eigenvalue weighted by atomic mass is 32.3. The average molecular weight is 249 g/mol. The first kappa shape index (κ1) is 11.9. The number of sulfonamides is 2. The SMILES string of the molecule is CS(=O)(=O)N(c1cc[c]nc1)S(C)(=O)=O. The number of nitrogens with zero attached hydrogens (tertiary/aromatic N) is 2. The Morgan fingerprint density at radius 1 is 1.20 bits per heavy atom. The third-order valence-corrected chi connectivity index (χ3v) is 4.66. The third kappa shape index (κ3) is 2.90. The van der Waals surface area contributed by atoms with E-state index in [9.17, 15) is 16.8 Å². The lowest BCUT2D eigenvalue weighted by molar-refractivity contribution is 0.590. The number of hydrogen-bond donors (Lipinski definition) is 0. The standard InChI is InChI=1S/C7H9N2O4S2/c1-14(10,11)9(15(2,12)13)7-4-3-5-8-6-7/h3-4,6H,1-2H3. The number of rotatable bonds is 3. The van der Waals surface area contributed by atoms with Gasteiger partial charge in [-0.3, -0.25) is 4.98 Å². The lowest BCUT2D eigenvalue weighted by Crippen LogP contribution is -2.35. The van der Waals surface area contributed by atoms with Crippen LogP contribution in [0.25, 0.3) is 0 Å². The van der Waals surface area contributed by atoms with Crippen molar-refractivity contribution in [3.05, 3.63) is 24.5 Å². The molecule has 0 amide bonds. The summed E-state index contributed by atoms with van der Waals surface area (Å²) in [4.78, 5) is 3.54. The van der Waals surface area contributed by atoms with E-state index in [2.05, 4.69) is 11.2 Å². The van der Waals surface area contributed by atoms with Crippen molar-refractivity contribution in [3.8, 4) is 0 Å². The molecule has 15 heavy (non-hydrogen) atoms. The van der Waals surface area contributed by atoms with E-state index in [1.54, 1.807) is 0 Å². The Labute approximate surface area is 88.7 Å². The van der Waals surface area contributed by atoms with Crippen LogP contribution in [0.4, 0.5) is 5.69 Å². The maximum atomic E-state index is 11.3. The van der Waals surface area contributed by atoms with Crippen molar-refractivity contribution in [1.29, 1.82) is 0 Å². The summed E-state index contributed by atoms with van der Waals surface area (Å²) < 4.78 is 45.5. The van der Waals surface area contributed by atoms with Crippen LogP contribution in [0.2, 0.25) is 0 Å². The molecule has 0 saturated heterocycles. The minimum Gasteiger partial charge on any atom is -0.252 e. The summed E-state index contributed by atoms with van der Waals surface area (Å²) in [6.45, 7) is 0. The van der Waals surface area contributed by atoms with Gasteiger partial charge in [0.1, 0.15) is 0 Å². The van der Waals surface area contributed by atoms with Crippen LogP contribution in [0.5, 0.6) is 0 Å². The van der Waals surface area contributed by atoms with Crippen molar-refractivity contribution in [2.24, 2.45) is 0 Å². The first-order valence-corrected chi connectivity index (χ1v) is 7.45. The Hall–Kier alpha value is -1.15. The summed E-state index contributed by atoms with van der Waals surface area (Å²) >= 11 is 0. The van der Waals surface area contributed by atoms with E-state index in [0.717, 1.165) is 18.7 Å². The van der Waals surface area contributed by atoms with Gasteiger partial charge in [0.15, 0.2) is 0 Å². The van der Waals surface area contributed by atoms with Crippen LogP contribution >= 0.6 is 0 Å². The predicted molar refractivity (Wildman–Crippen MR) is 55.2 cm³/mol. The van der Waals surface area contributed by atoms with Gasteiger partial charge < -0.3 is 0 Å². The molecule has 6 nitrogen and oxygen atoms in total. The Balaban J connectivity index is 3.41. The van der Waals surface area contributed by atoms with E-state index >= 15 is 0 Å². The second kappa shape index (κ2) is 3.78. The number of hydrogen-bond acceptors (Lipinski definition) is 5. The molecule has 0 bridgehead atoms. The summed E-state index contributed by atoms with van der Waals surface area (Å²) in [6.07, 6.45) is 5.16. The van der Waals surface area contributed by atoms with Crippen LogP contribution in [-0.2, 0) is 20.0 Å². The maximum Gasteiger partial charge on any atom is 0.245 e. The highest BCUT2D eigenvalue weighted by Gasteiger charge is 2.26. The van der Waals surface area contributed by atoms with Gasteiger partial charge in [0.2, 0.25) is 20.0 Å². The highest BCUT2D eigenvalue weighted by Crippen LogP contribution is 2.18. The molecule has 8 heteroatoms. The van der Waals surface area contributed by atoms with E-state index in [1.165, 1.54) is 12.1 Å². The van der Waals surface area contributed by atoms with Crippen LogP contribution in [0.3, 0.4) is 0 Å². The van der Waals surface area contributed by atoms with Crippen molar-refractivity contribution >= 4 is 25.7 Å². The van der Waals surface area contributed by atoms with Gasteiger partial charge in [-0.25, -0.2) is 16.8 Å². The summed E-state index contributed by atoms with van der Waals surface area (Å²) in [5.41, 5.74) is -0.0289. The molecule has 0 spiro atoms. The van der Waals surface area contributed by atoms with Crippen LogP contribution in [0.1, 0.15) is 0 Å². The van der Waals surface area contributed by atoms with E-state index in [0.29, 0.717) is 3.71 Å². The molecule has 83 valence electrons. The van der Waals surface area contributed by atoms with E-state index in [-0.39, 0.29) is 5.69 Å². The molecule has 0 unspecified atom stereocenters. The van der Waals surface area contributed by atoms with Crippen molar-refractivity contribution in [1.82, 2.24) is 4.98 Å². The molecule has 1 rings (SSSR count). The average Bonchev–Trinajstić information content (AvgIpc) is 2.00. The summed E-state index contributed by atoms with van der Waals surface area (Å²) in [7, 11) is -7.77.